The minimum Gasteiger partial charge on any atom is -0.467 e. The molecule has 0 aromatic rings. The minimum atomic E-state index is -0.388. The second-order valence-electron chi connectivity index (χ2n) is 2.56. The van der Waals surface area contributed by atoms with E-state index >= 15 is 0 Å². The third-order valence-electron chi connectivity index (χ3n) is 1.95. The molecule has 1 heterocycles. The number of ether oxygens (including phenoxy) is 1. The van der Waals surface area contributed by atoms with E-state index < -0.39 is 0 Å². The van der Waals surface area contributed by atoms with E-state index in [1.165, 1.54) is 18.1 Å². The van der Waals surface area contributed by atoms with Crippen LogP contribution in [0.1, 0.15) is 6.42 Å². The van der Waals surface area contributed by atoms with Crippen molar-refractivity contribution in [3.8, 4) is 0 Å². The second kappa shape index (κ2) is 3.38. The molecule has 1 saturated heterocycles. The molecule has 1 rings (SSSR count). The Hall–Kier alpha value is -1.32. The maximum Gasteiger partial charge on any atom is 0.328 e. The fourth-order valence-corrected chi connectivity index (χ4v) is 1.15. The molecule has 0 aromatic carbocycles. The number of carbonyl (C=O) groups excluding carboxylic acids is 2. The van der Waals surface area contributed by atoms with Gasteiger partial charge in [0.1, 0.15) is 6.04 Å². The Balaban J connectivity index is 2.54. The Morgan fingerprint density at radius 3 is 2.67 bits per heavy atom. The molecule has 0 N–H and O–H groups in total. The molecule has 4 nitrogen and oxygen atoms in total. The van der Waals surface area contributed by atoms with Crippen LogP contribution in [0.2, 0.25) is 0 Å². The molecular formula is C8H11NO3. The van der Waals surface area contributed by atoms with E-state index in [0.717, 1.165) is 0 Å². The summed E-state index contributed by atoms with van der Waals surface area (Å²) in [6, 6.07) is -0.388. The zero-order valence-corrected chi connectivity index (χ0v) is 6.95. The van der Waals surface area contributed by atoms with E-state index in [-0.39, 0.29) is 17.9 Å². The molecule has 12 heavy (non-hydrogen) atoms. The first kappa shape index (κ1) is 8.77. The van der Waals surface area contributed by atoms with Gasteiger partial charge >= 0.3 is 5.97 Å². The molecule has 1 amide bonds. The van der Waals surface area contributed by atoms with Crippen LogP contribution < -0.4 is 0 Å². The summed E-state index contributed by atoms with van der Waals surface area (Å²) in [6.07, 6.45) is 1.89. The largest absolute Gasteiger partial charge is 0.467 e. The van der Waals surface area contributed by atoms with Crippen molar-refractivity contribution < 1.29 is 14.3 Å². The van der Waals surface area contributed by atoms with Crippen molar-refractivity contribution in [3.05, 3.63) is 12.7 Å². The van der Waals surface area contributed by atoms with Crippen molar-refractivity contribution in [2.24, 2.45) is 0 Å². The molecule has 4 heteroatoms. The van der Waals surface area contributed by atoms with Crippen LogP contribution in [0.5, 0.6) is 0 Å². The van der Waals surface area contributed by atoms with Gasteiger partial charge in [0.2, 0.25) is 5.91 Å². The molecule has 0 saturated carbocycles. The topological polar surface area (TPSA) is 46.6 Å². The van der Waals surface area contributed by atoms with Gasteiger partial charge < -0.3 is 9.64 Å². The second-order valence-corrected chi connectivity index (χ2v) is 2.56. The highest BCUT2D eigenvalue weighted by Gasteiger charge is 2.37. The summed E-state index contributed by atoms with van der Waals surface area (Å²) in [6.45, 7) is 3.96. The number of esters is 1. The van der Waals surface area contributed by atoms with Crippen LogP contribution in [0.25, 0.3) is 0 Å². The van der Waals surface area contributed by atoms with Crippen LogP contribution in [0.4, 0.5) is 0 Å². The zero-order chi connectivity index (χ0) is 9.14. The average Bonchev–Trinajstić information content (AvgIpc) is 2.02. The average molecular weight is 169 g/mol. The van der Waals surface area contributed by atoms with E-state index in [1.54, 1.807) is 0 Å². The SMILES string of the molecule is C=CC(=O)N1CCC1C(=O)OC. The zero-order valence-electron chi connectivity index (χ0n) is 6.95. The number of hydrogen-bond donors (Lipinski definition) is 0. The summed E-state index contributed by atoms with van der Waals surface area (Å²) < 4.78 is 4.51. The smallest absolute Gasteiger partial charge is 0.328 e. The molecule has 0 bridgehead atoms. The molecule has 0 spiro atoms. The van der Waals surface area contributed by atoms with Crippen LogP contribution in [-0.4, -0.2) is 36.5 Å². The number of methoxy groups -OCH3 is 1. The van der Waals surface area contributed by atoms with Gasteiger partial charge in [-0.1, -0.05) is 6.58 Å². The maximum atomic E-state index is 11.0. The molecule has 0 aliphatic carbocycles. The lowest BCUT2D eigenvalue weighted by Crippen LogP contribution is -2.54. The van der Waals surface area contributed by atoms with Crippen LogP contribution >= 0.6 is 0 Å². The predicted molar refractivity (Wildman–Crippen MR) is 42.3 cm³/mol. The standard InChI is InChI=1S/C8H11NO3/c1-3-7(10)9-5-4-6(9)8(11)12-2/h3,6H,1,4-5H2,2H3. The van der Waals surface area contributed by atoms with Crippen molar-refractivity contribution in [1.82, 2.24) is 4.90 Å². The molecule has 1 atom stereocenters. The van der Waals surface area contributed by atoms with Gasteiger partial charge in [0, 0.05) is 6.54 Å². The van der Waals surface area contributed by atoms with Crippen LogP contribution in [0.3, 0.4) is 0 Å². The van der Waals surface area contributed by atoms with Gasteiger partial charge in [0.15, 0.2) is 0 Å². The first-order valence-corrected chi connectivity index (χ1v) is 3.71. The molecular weight excluding hydrogens is 158 g/mol. The Kier molecular flexibility index (Phi) is 2.47. The van der Waals surface area contributed by atoms with Gasteiger partial charge in [0.05, 0.1) is 7.11 Å². The highest BCUT2D eigenvalue weighted by molar-refractivity contribution is 5.92. The monoisotopic (exact) mass is 169 g/mol. The minimum absolute atomic E-state index is 0.211. The summed E-state index contributed by atoms with van der Waals surface area (Å²) in [5, 5.41) is 0. The summed E-state index contributed by atoms with van der Waals surface area (Å²) in [4.78, 5) is 23.4. The Morgan fingerprint density at radius 2 is 2.33 bits per heavy atom. The third-order valence-corrected chi connectivity index (χ3v) is 1.95. The normalized spacial score (nSPS) is 21.1. The van der Waals surface area contributed by atoms with Gasteiger partial charge in [-0.05, 0) is 12.5 Å². The van der Waals surface area contributed by atoms with E-state index in [0.29, 0.717) is 13.0 Å². The number of amides is 1. The van der Waals surface area contributed by atoms with Gasteiger partial charge in [-0.15, -0.1) is 0 Å². The fourth-order valence-electron chi connectivity index (χ4n) is 1.15. The van der Waals surface area contributed by atoms with Crippen LogP contribution in [0.15, 0.2) is 12.7 Å². The molecule has 1 aliphatic heterocycles. The van der Waals surface area contributed by atoms with Crippen molar-refractivity contribution >= 4 is 11.9 Å². The van der Waals surface area contributed by atoms with Crippen molar-refractivity contribution in [3.63, 3.8) is 0 Å². The molecule has 0 aromatic heterocycles. The predicted octanol–water partition coefficient (Wildman–Crippen LogP) is -0.0537. The summed E-state index contributed by atoms with van der Waals surface area (Å²) in [7, 11) is 1.32. The number of rotatable bonds is 2. The lowest BCUT2D eigenvalue weighted by molar-refractivity contribution is -0.157. The molecule has 66 valence electrons. The van der Waals surface area contributed by atoms with Crippen LogP contribution in [0, 0.1) is 0 Å². The quantitative estimate of drug-likeness (QED) is 0.430. The summed E-state index contributed by atoms with van der Waals surface area (Å²) in [5.74, 6) is -0.562. The highest BCUT2D eigenvalue weighted by atomic mass is 16.5. The maximum absolute atomic E-state index is 11.0. The van der Waals surface area contributed by atoms with E-state index in [2.05, 4.69) is 11.3 Å². The number of carbonyl (C=O) groups is 2. The lowest BCUT2D eigenvalue weighted by atomic mass is 10.0. The van der Waals surface area contributed by atoms with Crippen LogP contribution in [-0.2, 0) is 14.3 Å². The fraction of sp³-hybridized carbons (Fsp3) is 0.500. The molecule has 1 aliphatic rings. The third kappa shape index (κ3) is 1.32. The number of hydrogen-bond acceptors (Lipinski definition) is 3. The van der Waals surface area contributed by atoms with Gasteiger partial charge in [-0.3, -0.25) is 4.79 Å². The van der Waals surface area contributed by atoms with Gasteiger partial charge in [0.25, 0.3) is 0 Å². The summed E-state index contributed by atoms with van der Waals surface area (Å²) >= 11 is 0. The Morgan fingerprint density at radius 1 is 1.67 bits per heavy atom. The molecule has 1 fully saturated rings. The molecule has 1 unspecified atom stereocenters. The van der Waals surface area contributed by atoms with Crippen molar-refractivity contribution in [2.75, 3.05) is 13.7 Å². The van der Waals surface area contributed by atoms with E-state index in [9.17, 15) is 9.59 Å². The number of likely N-dealkylation sites (tertiary alicyclic amines) is 1. The first-order chi connectivity index (χ1) is 5.70. The van der Waals surface area contributed by atoms with Crippen molar-refractivity contribution in [2.45, 2.75) is 12.5 Å². The van der Waals surface area contributed by atoms with Gasteiger partial charge in [-0.25, -0.2) is 4.79 Å². The molecule has 0 radical (unpaired) electrons. The van der Waals surface area contributed by atoms with Crippen molar-refractivity contribution in [1.29, 1.82) is 0 Å². The first-order valence-electron chi connectivity index (χ1n) is 3.71. The Labute approximate surface area is 70.8 Å². The van der Waals surface area contributed by atoms with E-state index in [1.807, 2.05) is 0 Å². The summed E-state index contributed by atoms with van der Waals surface area (Å²) in [5.41, 5.74) is 0. The highest BCUT2D eigenvalue weighted by Crippen LogP contribution is 2.18. The lowest BCUT2D eigenvalue weighted by Gasteiger charge is -2.37. The van der Waals surface area contributed by atoms with Gasteiger partial charge in [-0.2, -0.15) is 0 Å². The number of nitrogens with zero attached hydrogens (tertiary/aromatic N) is 1. The van der Waals surface area contributed by atoms with E-state index in [4.69, 9.17) is 0 Å². The Bertz CT molecular complexity index is 224.